The van der Waals surface area contributed by atoms with E-state index in [2.05, 4.69) is 26.5 Å². The number of aromatic nitrogens is 2. The Morgan fingerprint density at radius 1 is 1.45 bits per heavy atom. The summed E-state index contributed by atoms with van der Waals surface area (Å²) >= 11 is 3.44. The monoisotopic (exact) mass is 340 g/mol. The molecular formula is C14H18BrFN4. The zero-order valence-corrected chi connectivity index (χ0v) is 13.1. The molecule has 0 spiro atoms. The third-order valence-electron chi connectivity index (χ3n) is 3.22. The number of benzene rings is 1. The number of nitrogens with one attached hydrogen (secondary N) is 1. The SMILES string of the molecule is CCn1nc(C)cc1C(Cc1cc(F)ccc1Br)NN. The molecule has 0 aliphatic rings. The maximum atomic E-state index is 13.4. The summed E-state index contributed by atoms with van der Waals surface area (Å²) in [5.74, 6) is 5.42. The van der Waals surface area contributed by atoms with Crippen LogP contribution >= 0.6 is 15.9 Å². The minimum atomic E-state index is -0.251. The zero-order valence-electron chi connectivity index (χ0n) is 11.5. The number of aryl methyl sites for hydroxylation is 2. The topological polar surface area (TPSA) is 55.9 Å². The Labute approximate surface area is 126 Å². The number of nitrogens with zero attached hydrogens (tertiary/aromatic N) is 2. The van der Waals surface area contributed by atoms with Crippen molar-refractivity contribution in [1.82, 2.24) is 15.2 Å². The molecule has 1 heterocycles. The minimum Gasteiger partial charge on any atom is -0.271 e. The van der Waals surface area contributed by atoms with Gasteiger partial charge in [0.05, 0.1) is 17.4 Å². The van der Waals surface area contributed by atoms with E-state index in [0.717, 1.165) is 28.0 Å². The van der Waals surface area contributed by atoms with Crippen molar-refractivity contribution >= 4 is 15.9 Å². The van der Waals surface area contributed by atoms with Gasteiger partial charge in [0, 0.05) is 11.0 Å². The molecule has 2 aromatic rings. The molecule has 0 fully saturated rings. The lowest BCUT2D eigenvalue weighted by atomic mass is 10.0. The Kier molecular flexibility index (Phi) is 4.91. The van der Waals surface area contributed by atoms with E-state index >= 15 is 0 Å². The van der Waals surface area contributed by atoms with Crippen molar-refractivity contribution in [2.45, 2.75) is 32.9 Å². The molecule has 1 atom stereocenters. The van der Waals surface area contributed by atoms with Gasteiger partial charge in [-0.1, -0.05) is 15.9 Å². The van der Waals surface area contributed by atoms with Gasteiger partial charge in [0.25, 0.3) is 0 Å². The van der Waals surface area contributed by atoms with Crippen LogP contribution in [0.5, 0.6) is 0 Å². The van der Waals surface area contributed by atoms with Crippen LogP contribution in [0.25, 0.3) is 0 Å². The maximum Gasteiger partial charge on any atom is 0.123 e. The van der Waals surface area contributed by atoms with Crippen molar-refractivity contribution in [2.75, 3.05) is 0 Å². The predicted molar refractivity (Wildman–Crippen MR) is 80.5 cm³/mol. The molecule has 3 N–H and O–H groups in total. The lowest BCUT2D eigenvalue weighted by Gasteiger charge is -2.18. The molecule has 2 rings (SSSR count). The second-order valence-electron chi connectivity index (χ2n) is 4.69. The molecule has 0 radical (unpaired) electrons. The van der Waals surface area contributed by atoms with Crippen molar-refractivity contribution < 1.29 is 4.39 Å². The minimum absolute atomic E-state index is 0.116. The third kappa shape index (κ3) is 3.26. The Bertz CT molecular complexity index is 597. The molecular weight excluding hydrogens is 323 g/mol. The molecule has 0 aliphatic heterocycles. The summed E-state index contributed by atoms with van der Waals surface area (Å²) in [7, 11) is 0. The highest BCUT2D eigenvalue weighted by molar-refractivity contribution is 9.10. The van der Waals surface area contributed by atoms with Crippen molar-refractivity contribution in [1.29, 1.82) is 0 Å². The van der Waals surface area contributed by atoms with Crippen LogP contribution < -0.4 is 11.3 Å². The highest BCUT2D eigenvalue weighted by atomic mass is 79.9. The van der Waals surface area contributed by atoms with E-state index in [9.17, 15) is 4.39 Å². The number of halogens is 2. The van der Waals surface area contributed by atoms with E-state index < -0.39 is 0 Å². The molecule has 0 amide bonds. The fourth-order valence-electron chi connectivity index (χ4n) is 2.27. The second-order valence-corrected chi connectivity index (χ2v) is 5.54. The first-order valence-corrected chi connectivity index (χ1v) is 7.28. The first-order valence-electron chi connectivity index (χ1n) is 6.49. The molecule has 0 bridgehead atoms. The summed E-state index contributed by atoms with van der Waals surface area (Å²) < 4.78 is 16.1. The summed E-state index contributed by atoms with van der Waals surface area (Å²) in [6.07, 6.45) is 0.583. The largest absolute Gasteiger partial charge is 0.271 e. The van der Waals surface area contributed by atoms with Crippen LogP contribution in [0.15, 0.2) is 28.7 Å². The third-order valence-corrected chi connectivity index (χ3v) is 4.00. The number of nitrogens with two attached hydrogens (primary N) is 1. The average Bonchev–Trinajstić information content (AvgIpc) is 2.80. The highest BCUT2D eigenvalue weighted by Gasteiger charge is 2.17. The molecule has 0 saturated carbocycles. The Hall–Kier alpha value is -1.24. The number of hydrogen-bond acceptors (Lipinski definition) is 3. The number of rotatable bonds is 5. The zero-order chi connectivity index (χ0) is 14.7. The van der Waals surface area contributed by atoms with Gasteiger partial charge in [-0.2, -0.15) is 5.10 Å². The summed E-state index contributed by atoms with van der Waals surface area (Å²) in [6, 6.07) is 6.54. The van der Waals surface area contributed by atoms with E-state index in [0.29, 0.717) is 6.42 Å². The molecule has 1 unspecified atom stereocenters. The van der Waals surface area contributed by atoms with Crippen LogP contribution in [0.3, 0.4) is 0 Å². The van der Waals surface area contributed by atoms with E-state index in [-0.39, 0.29) is 11.9 Å². The number of hydrazine groups is 1. The van der Waals surface area contributed by atoms with Gasteiger partial charge in [-0.25, -0.2) is 4.39 Å². The smallest absolute Gasteiger partial charge is 0.123 e. The fraction of sp³-hybridized carbons (Fsp3) is 0.357. The Morgan fingerprint density at radius 2 is 2.20 bits per heavy atom. The molecule has 0 aliphatic carbocycles. The summed E-state index contributed by atoms with van der Waals surface area (Å²) in [5, 5.41) is 4.41. The second kappa shape index (κ2) is 6.47. The van der Waals surface area contributed by atoms with Crippen molar-refractivity contribution in [3.05, 3.63) is 51.5 Å². The van der Waals surface area contributed by atoms with Crippen LogP contribution in [0, 0.1) is 12.7 Å². The van der Waals surface area contributed by atoms with Gasteiger partial charge in [0.1, 0.15) is 5.82 Å². The van der Waals surface area contributed by atoms with E-state index in [1.165, 1.54) is 12.1 Å². The van der Waals surface area contributed by atoms with E-state index in [1.54, 1.807) is 6.07 Å². The Morgan fingerprint density at radius 3 is 2.85 bits per heavy atom. The highest BCUT2D eigenvalue weighted by Crippen LogP contribution is 2.25. The first kappa shape index (κ1) is 15.2. The molecule has 1 aromatic carbocycles. The molecule has 1 aromatic heterocycles. The average molecular weight is 341 g/mol. The lowest BCUT2D eigenvalue weighted by Crippen LogP contribution is -2.31. The Balaban J connectivity index is 2.30. The van der Waals surface area contributed by atoms with Crippen molar-refractivity contribution in [3.63, 3.8) is 0 Å². The van der Waals surface area contributed by atoms with Gasteiger partial charge in [0.15, 0.2) is 0 Å². The molecule has 6 heteroatoms. The maximum absolute atomic E-state index is 13.4. The van der Waals surface area contributed by atoms with Gasteiger partial charge in [-0.3, -0.25) is 16.0 Å². The fourth-order valence-corrected chi connectivity index (χ4v) is 2.68. The normalized spacial score (nSPS) is 12.7. The summed E-state index contributed by atoms with van der Waals surface area (Å²) in [5.41, 5.74) is 5.62. The van der Waals surface area contributed by atoms with Crippen LogP contribution in [0.1, 0.15) is 29.9 Å². The quantitative estimate of drug-likeness (QED) is 0.650. The van der Waals surface area contributed by atoms with E-state index in [1.807, 2.05) is 24.6 Å². The molecule has 20 heavy (non-hydrogen) atoms. The van der Waals surface area contributed by atoms with Crippen LogP contribution in [0.4, 0.5) is 4.39 Å². The van der Waals surface area contributed by atoms with Gasteiger partial charge >= 0.3 is 0 Å². The van der Waals surface area contributed by atoms with Gasteiger partial charge in [-0.15, -0.1) is 0 Å². The first-order chi connectivity index (χ1) is 9.55. The molecule has 4 nitrogen and oxygen atoms in total. The summed E-state index contributed by atoms with van der Waals surface area (Å²) in [6.45, 7) is 4.74. The number of hydrogen-bond donors (Lipinski definition) is 2. The lowest BCUT2D eigenvalue weighted by molar-refractivity contribution is 0.488. The molecule has 108 valence electrons. The van der Waals surface area contributed by atoms with Gasteiger partial charge < -0.3 is 0 Å². The predicted octanol–water partition coefficient (Wildman–Crippen LogP) is 2.86. The van der Waals surface area contributed by atoms with Crippen molar-refractivity contribution in [3.8, 4) is 0 Å². The van der Waals surface area contributed by atoms with Gasteiger partial charge in [-0.05, 0) is 50.1 Å². The van der Waals surface area contributed by atoms with Crippen LogP contribution in [-0.4, -0.2) is 9.78 Å². The van der Waals surface area contributed by atoms with Crippen LogP contribution in [0.2, 0.25) is 0 Å². The standard InChI is InChI=1S/C14H18BrFN4/c1-3-20-14(6-9(2)19-20)13(18-17)8-10-7-11(16)4-5-12(10)15/h4-7,13,18H,3,8,17H2,1-2H3. The van der Waals surface area contributed by atoms with Gasteiger partial charge in [0.2, 0.25) is 0 Å². The summed E-state index contributed by atoms with van der Waals surface area (Å²) in [4.78, 5) is 0. The molecule has 0 saturated heterocycles. The van der Waals surface area contributed by atoms with Crippen molar-refractivity contribution in [2.24, 2.45) is 5.84 Å². The van der Waals surface area contributed by atoms with Crippen LogP contribution in [-0.2, 0) is 13.0 Å². The van der Waals surface area contributed by atoms with E-state index in [4.69, 9.17) is 5.84 Å².